The Bertz CT molecular complexity index is 1310. The molecule has 1 saturated heterocycles. The molecule has 1 fully saturated rings. The highest BCUT2D eigenvalue weighted by Crippen LogP contribution is 2.31. The maximum Gasteiger partial charge on any atom is 0.416 e. The van der Waals surface area contributed by atoms with Crippen LogP contribution in [0.15, 0.2) is 66.7 Å². The van der Waals surface area contributed by atoms with Crippen LogP contribution in [0.4, 0.5) is 29.3 Å². The largest absolute Gasteiger partial charge is 0.496 e. The summed E-state index contributed by atoms with van der Waals surface area (Å²) in [5.41, 5.74) is 0.516. The van der Waals surface area contributed by atoms with Gasteiger partial charge in [0.15, 0.2) is 0 Å². The van der Waals surface area contributed by atoms with Gasteiger partial charge in [0.05, 0.1) is 18.2 Å². The van der Waals surface area contributed by atoms with E-state index in [2.05, 4.69) is 20.9 Å². The lowest BCUT2D eigenvalue weighted by molar-refractivity contribution is -0.137. The lowest BCUT2D eigenvalue weighted by Crippen LogP contribution is -2.33. The smallest absolute Gasteiger partial charge is 0.416 e. The molecule has 218 valence electrons. The van der Waals surface area contributed by atoms with E-state index in [9.17, 15) is 22.8 Å². The predicted octanol–water partition coefficient (Wildman–Crippen LogP) is 6.76. The number of anilines is 2. The minimum Gasteiger partial charge on any atom is -0.496 e. The molecule has 3 amide bonds. The summed E-state index contributed by atoms with van der Waals surface area (Å²) in [6, 6.07) is 15.0. The van der Waals surface area contributed by atoms with E-state index in [4.69, 9.17) is 9.47 Å². The number of nitrogens with zero attached hydrogens (tertiary/aromatic N) is 1. The lowest BCUT2D eigenvalue weighted by Gasteiger charge is -2.26. The number of methoxy groups -OCH3 is 1. The summed E-state index contributed by atoms with van der Waals surface area (Å²) in [6.45, 7) is 3.77. The summed E-state index contributed by atoms with van der Waals surface area (Å²) in [5.74, 6) is 0.733. The molecule has 0 radical (unpaired) electrons. The first kappa shape index (κ1) is 29.7. The number of ether oxygens (including phenoxy) is 2. The van der Waals surface area contributed by atoms with Crippen LogP contribution in [0.5, 0.6) is 17.2 Å². The zero-order valence-corrected chi connectivity index (χ0v) is 22.7. The van der Waals surface area contributed by atoms with Crippen LogP contribution in [-0.4, -0.2) is 50.1 Å². The van der Waals surface area contributed by atoms with Crippen molar-refractivity contribution in [1.29, 1.82) is 0 Å². The molecule has 0 aliphatic carbocycles. The Balaban J connectivity index is 1.25. The molecule has 0 saturated carbocycles. The number of nitrogens with one attached hydrogen (secondary N) is 3. The number of hydrogen-bond acceptors (Lipinski definition) is 5. The van der Waals surface area contributed by atoms with Gasteiger partial charge in [0, 0.05) is 24.0 Å². The van der Waals surface area contributed by atoms with Crippen molar-refractivity contribution >= 4 is 23.3 Å². The molecule has 11 heteroatoms. The molecule has 1 heterocycles. The van der Waals surface area contributed by atoms with Crippen molar-refractivity contribution in [3.05, 3.63) is 77.9 Å². The first-order valence-electron chi connectivity index (χ1n) is 13.4. The second-order valence-corrected chi connectivity index (χ2v) is 9.65. The SMILES string of the molecule is COc1cc(NC(=O)Nc2ccc(Oc3ccc(C(F)(F)F)cc3)cc2)ccc1C(=O)NCCCN1CCCCC1. The molecule has 3 aromatic rings. The summed E-state index contributed by atoms with van der Waals surface area (Å²) in [4.78, 5) is 27.6. The van der Waals surface area contributed by atoms with Gasteiger partial charge < -0.3 is 30.3 Å². The van der Waals surface area contributed by atoms with E-state index in [1.807, 2.05) is 0 Å². The van der Waals surface area contributed by atoms with Crippen molar-refractivity contribution in [2.45, 2.75) is 31.9 Å². The molecule has 3 N–H and O–H groups in total. The molecular formula is C30H33F3N4O4. The topological polar surface area (TPSA) is 91.9 Å². The first-order chi connectivity index (χ1) is 19.7. The first-order valence-corrected chi connectivity index (χ1v) is 13.4. The van der Waals surface area contributed by atoms with Crippen LogP contribution in [0.1, 0.15) is 41.6 Å². The fraction of sp³-hybridized carbons (Fsp3) is 0.333. The maximum absolute atomic E-state index is 12.7. The number of amides is 3. The number of alkyl halides is 3. The van der Waals surface area contributed by atoms with Crippen molar-refractivity contribution in [2.75, 3.05) is 43.9 Å². The van der Waals surface area contributed by atoms with Gasteiger partial charge in [0.2, 0.25) is 0 Å². The summed E-state index contributed by atoms with van der Waals surface area (Å²) >= 11 is 0. The second kappa shape index (κ2) is 13.9. The van der Waals surface area contributed by atoms with Gasteiger partial charge in [-0.3, -0.25) is 4.79 Å². The number of carbonyl (C=O) groups is 2. The normalized spacial score (nSPS) is 13.8. The van der Waals surface area contributed by atoms with E-state index >= 15 is 0 Å². The number of carbonyl (C=O) groups excluding carboxylic acids is 2. The van der Waals surface area contributed by atoms with Crippen molar-refractivity contribution in [2.24, 2.45) is 0 Å². The summed E-state index contributed by atoms with van der Waals surface area (Å²) in [5, 5.41) is 8.32. The Morgan fingerprint density at radius 3 is 2.10 bits per heavy atom. The van der Waals surface area contributed by atoms with Gasteiger partial charge in [-0.1, -0.05) is 6.42 Å². The molecule has 4 rings (SSSR count). The van der Waals surface area contributed by atoms with E-state index in [1.54, 1.807) is 42.5 Å². The van der Waals surface area contributed by atoms with Crippen LogP contribution >= 0.6 is 0 Å². The molecule has 3 aromatic carbocycles. The van der Waals surface area contributed by atoms with Crippen LogP contribution < -0.4 is 25.4 Å². The number of urea groups is 1. The monoisotopic (exact) mass is 570 g/mol. The van der Waals surface area contributed by atoms with Crippen LogP contribution in [-0.2, 0) is 6.18 Å². The predicted molar refractivity (Wildman–Crippen MR) is 151 cm³/mol. The number of benzene rings is 3. The zero-order chi connectivity index (χ0) is 29.2. The van der Waals surface area contributed by atoms with E-state index in [-0.39, 0.29) is 11.7 Å². The van der Waals surface area contributed by atoms with Crippen LogP contribution in [0.3, 0.4) is 0 Å². The number of rotatable bonds is 10. The lowest BCUT2D eigenvalue weighted by atomic mass is 10.1. The number of halogens is 3. The summed E-state index contributed by atoms with van der Waals surface area (Å²) in [7, 11) is 1.46. The molecule has 0 atom stereocenters. The average molecular weight is 571 g/mol. The molecule has 1 aliphatic heterocycles. The van der Waals surface area contributed by atoms with Gasteiger partial charge in [-0.05, 0) is 99.6 Å². The van der Waals surface area contributed by atoms with Crippen molar-refractivity contribution in [1.82, 2.24) is 10.2 Å². The molecule has 0 aromatic heterocycles. The molecule has 0 bridgehead atoms. The quantitative estimate of drug-likeness (QED) is 0.235. The Morgan fingerprint density at radius 1 is 0.854 bits per heavy atom. The third kappa shape index (κ3) is 8.87. The Kier molecular flexibility index (Phi) is 10.1. The third-order valence-electron chi connectivity index (χ3n) is 6.62. The second-order valence-electron chi connectivity index (χ2n) is 9.65. The summed E-state index contributed by atoms with van der Waals surface area (Å²) < 4.78 is 49.1. The van der Waals surface area contributed by atoms with Gasteiger partial charge in [-0.2, -0.15) is 13.2 Å². The van der Waals surface area contributed by atoms with Crippen LogP contribution in [0.2, 0.25) is 0 Å². The van der Waals surface area contributed by atoms with Gasteiger partial charge in [-0.15, -0.1) is 0 Å². The minimum absolute atomic E-state index is 0.241. The van der Waals surface area contributed by atoms with Crippen molar-refractivity contribution in [3.8, 4) is 17.2 Å². The Labute approximate surface area is 236 Å². The fourth-order valence-electron chi connectivity index (χ4n) is 4.49. The number of likely N-dealkylation sites (tertiary alicyclic amines) is 1. The van der Waals surface area contributed by atoms with E-state index in [0.717, 1.165) is 38.2 Å². The average Bonchev–Trinajstić information content (AvgIpc) is 2.96. The molecule has 41 heavy (non-hydrogen) atoms. The minimum atomic E-state index is -4.42. The van der Waals surface area contributed by atoms with Crippen LogP contribution in [0.25, 0.3) is 0 Å². The molecule has 8 nitrogen and oxygen atoms in total. The van der Waals surface area contributed by atoms with Gasteiger partial charge in [-0.25, -0.2) is 4.79 Å². The number of hydrogen-bond donors (Lipinski definition) is 3. The number of piperidine rings is 1. The van der Waals surface area contributed by atoms with E-state index < -0.39 is 17.8 Å². The standard InChI is InChI=1S/C30H33F3N4O4/c1-40-27-20-23(10-15-26(27)28(38)34-16-5-19-37-17-3-2-4-18-37)36-29(39)35-22-8-13-25(14-9-22)41-24-11-6-21(7-12-24)30(31,32)33/h6-15,20H,2-5,16-19H2,1H3,(H,34,38)(H2,35,36,39). The summed E-state index contributed by atoms with van der Waals surface area (Å²) in [6.07, 6.45) is 0.214. The highest BCUT2D eigenvalue weighted by Gasteiger charge is 2.30. The maximum atomic E-state index is 12.7. The zero-order valence-electron chi connectivity index (χ0n) is 22.7. The third-order valence-corrected chi connectivity index (χ3v) is 6.62. The Hall–Kier alpha value is -4.25. The van der Waals surface area contributed by atoms with Crippen molar-refractivity contribution in [3.63, 3.8) is 0 Å². The molecular weight excluding hydrogens is 537 g/mol. The Morgan fingerprint density at radius 2 is 1.46 bits per heavy atom. The highest BCUT2D eigenvalue weighted by molar-refractivity contribution is 6.01. The van der Waals surface area contributed by atoms with Crippen LogP contribution in [0, 0.1) is 0 Å². The van der Waals surface area contributed by atoms with Gasteiger partial charge >= 0.3 is 12.2 Å². The fourth-order valence-corrected chi connectivity index (χ4v) is 4.49. The van der Waals surface area contributed by atoms with Gasteiger partial charge in [0.1, 0.15) is 17.2 Å². The van der Waals surface area contributed by atoms with E-state index in [1.165, 1.54) is 38.5 Å². The highest BCUT2D eigenvalue weighted by atomic mass is 19.4. The van der Waals surface area contributed by atoms with E-state index in [0.29, 0.717) is 35.0 Å². The molecule has 0 unspecified atom stereocenters. The van der Waals surface area contributed by atoms with Crippen molar-refractivity contribution < 1.29 is 32.2 Å². The molecule has 0 spiro atoms. The van der Waals surface area contributed by atoms with Gasteiger partial charge in [0.25, 0.3) is 5.91 Å². The molecule has 1 aliphatic rings.